The Balaban J connectivity index is 2.16. The molecule has 104 valence electrons. The van der Waals surface area contributed by atoms with Crippen LogP contribution in [0.3, 0.4) is 0 Å². The van der Waals surface area contributed by atoms with Crippen LogP contribution in [0.25, 0.3) is 0 Å². The Morgan fingerprint density at radius 3 is 2.60 bits per heavy atom. The van der Waals surface area contributed by atoms with Gasteiger partial charge in [0.1, 0.15) is 5.75 Å². The Morgan fingerprint density at radius 1 is 1.25 bits per heavy atom. The molecule has 2 rings (SSSR count). The van der Waals surface area contributed by atoms with Crippen LogP contribution in [-0.2, 0) is 11.2 Å². The third kappa shape index (κ3) is 3.32. The van der Waals surface area contributed by atoms with E-state index in [4.69, 9.17) is 4.74 Å². The maximum absolute atomic E-state index is 12.0. The maximum atomic E-state index is 12.0. The Kier molecular flexibility index (Phi) is 4.30. The lowest BCUT2D eigenvalue weighted by atomic mass is 10.0. The molecule has 1 amide bonds. The summed E-state index contributed by atoms with van der Waals surface area (Å²) in [6, 6.07) is 5.65. The van der Waals surface area contributed by atoms with Crippen LogP contribution < -0.4 is 10.1 Å². The van der Waals surface area contributed by atoms with Crippen LogP contribution in [0.4, 0.5) is 5.95 Å². The SMILES string of the molecule is COc1cc(C)cc(C)c1CC(=O)Nc1ncccn1. The average Bonchev–Trinajstić information content (AvgIpc) is 2.42. The Hall–Kier alpha value is -2.43. The van der Waals surface area contributed by atoms with Gasteiger partial charge in [-0.3, -0.25) is 10.1 Å². The third-order valence-electron chi connectivity index (χ3n) is 2.95. The minimum absolute atomic E-state index is 0.165. The maximum Gasteiger partial charge on any atom is 0.231 e. The first-order valence-electron chi connectivity index (χ1n) is 6.31. The van der Waals surface area contributed by atoms with Gasteiger partial charge < -0.3 is 4.74 Å². The lowest BCUT2D eigenvalue weighted by Crippen LogP contribution is -2.17. The predicted molar refractivity (Wildman–Crippen MR) is 76.8 cm³/mol. The summed E-state index contributed by atoms with van der Waals surface area (Å²) in [7, 11) is 1.61. The molecule has 0 fully saturated rings. The fourth-order valence-corrected chi connectivity index (χ4v) is 2.06. The first-order chi connectivity index (χ1) is 9.60. The highest BCUT2D eigenvalue weighted by Gasteiger charge is 2.13. The highest BCUT2D eigenvalue weighted by Crippen LogP contribution is 2.24. The number of hydrogen-bond donors (Lipinski definition) is 1. The minimum Gasteiger partial charge on any atom is -0.496 e. The molecule has 0 unspecified atom stereocenters. The van der Waals surface area contributed by atoms with E-state index in [1.807, 2.05) is 26.0 Å². The molecule has 0 saturated carbocycles. The molecule has 0 saturated heterocycles. The number of nitrogens with zero attached hydrogens (tertiary/aromatic N) is 2. The van der Waals surface area contributed by atoms with Gasteiger partial charge in [0.25, 0.3) is 0 Å². The van der Waals surface area contributed by atoms with Crippen LogP contribution in [0.2, 0.25) is 0 Å². The van der Waals surface area contributed by atoms with E-state index in [1.54, 1.807) is 25.6 Å². The molecule has 0 aliphatic rings. The molecule has 5 nitrogen and oxygen atoms in total. The zero-order valence-electron chi connectivity index (χ0n) is 11.8. The summed E-state index contributed by atoms with van der Waals surface area (Å²) in [5.41, 5.74) is 3.02. The molecule has 0 atom stereocenters. The average molecular weight is 271 g/mol. The van der Waals surface area contributed by atoms with E-state index >= 15 is 0 Å². The number of anilines is 1. The molecule has 2 aromatic rings. The predicted octanol–water partition coefficient (Wildman–Crippen LogP) is 2.28. The van der Waals surface area contributed by atoms with Gasteiger partial charge >= 0.3 is 0 Å². The highest BCUT2D eigenvalue weighted by molar-refractivity contribution is 5.91. The first-order valence-corrected chi connectivity index (χ1v) is 6.31. The molecule has 1 heterocycles. The number of amides is 1. The van der Waals surface area contributed by atoms with E-state index in [-0.39, 0.29) is 12.3 Å². The monoisotopic (exact) mass is 271 g/mol. The van der Waals surface area contributed by atoms with Crippen molar-refractivity contribution in [3.63, 3.8) is 0 Å². The topological polar surface area (TPSA) is 64.1 Å². The summed E-state index contributed by atoms with van der Waals surface area (Å²) in [5.74, 6) is 0.870. The molecular weight excluding hydrogens is 254 g/mol. The molecule has 1 aromatic carbocycles. The van der Waals surface area contributed by atoms with E-state index in [9.17, 15) is 4.79 Å². The summed E-state index contributed by atoms with van der Waals surface area (Å²) < 4.78 is 5.35. The summed E-state index contributed by atoms with van der Waals surface area (Å²) in [4.78, 5) is 20.0. The zero-order valence-corrected chi connectivity index (χ0v) is 11.8. The summed E-state index contributed by atoms with van der Waals surface area (Å²) >= 11 is 0. The van der Waals surface area contributed by atoms with Crippen LogP contribution in [0, 0.1) is 13.8 Å². The van der Waals surface area contributed by atoms with Gasteiger partial charge in [0.15, 0.2) is 0 Å². The minimum atomic E-state index is -0.165. The second-order valence-electron chi connectivity index (χ2n) is 4.56. The van der Waals surface area contributed by atoms with Gasteiger partial charge in [-0.1, -0.05) is 6.07 Å². The molecule has 0 bridgehead atoms. The van der Waals surface area contributed by atoms with Crippen LogP contribution in [-0.4, -0.2) is 23.0 Å². The Labute approximate surface area is 118 Å². The van der Waals surface area contributed by atoms with Crippen LogP contribution >= 0.6 is 0 Å². The lowest BCUT2D eigenvalue weighted by Gasteiger charge is -2.12. The van der Waals surface area contributed by atoms with Gasteiger partial charge in [0.05, 0.1) is 13.5 Å². The summed E-state index contributed by atoms with van der Waals surface area (Å²) in [5, 5.41) is 2.67. The molecule has 0 aliphatic heterocycles. The number of ether oxygens (including phenoxy) is 1. The smallest absolute Gasteiger partial charge is 0.231 e. The van der Waals surface area contributed by atoms with Crippen LogP contribution in [0.5, 0.6) is 5.75 Å². The highest BCUT2D eigenvalue weighted by atomic mass is 16.5. The molecular formula is C15H17N3O2. The molecule has 5 heteroatoms. The fraction of sp³-hybridized carbons (Fsp3) is 0.267. The number of benzene rings is 1. The van der Waals surface area contributed by atoms with E-state index < -0.39 is 0 Å². The van der Waals surface area contributed by atoms with Crippen molar-refractivity contribution in [3.05, 3.63) is 47.3 Å². The number of rotatable bonds is 4. The second kappa shape index (κ2) is 6.14. The first kappa shape index (κ1) is 14.0. The van der Waals surface area contributed by atoms with Gasteiger partial charge in [-0.2, -0.15) is 0 Å². The molecule has 20 heavy (non-hydrogen) atoms. The molecule has 0 spiro atoms. The Morgan fingerprint density at radius 2 is 1.95 bits per heavy atom. The standard InChI is InChI=1S/C15H17N3O2/c1-10-7-11(2)12(13(8-10)20-3)9-14(19)18-15-16-5-4-6-17-15/h4-8H,9H2,1-3H3,(H,16,17,18,19). The van der Waals surface area contributed by atoms with Crippen molar-refractivity contribution in [1.29, 1.82) is 0 Å². The van der Waals surface area contributed by atoms with Crippen molar-refractivity contribution >= 4 is 11.9 Å². The van der Waals surface area contributed by atoms with Crippen molar-refractivity contribution in [3.8, 4) is 5.75 Å². The largest absolute Gasteiger partial charge is 0.496 e. The number of aromatic nitrogens is 2. The number of carbonyl (C=O) groups excluding carboxylic acids is 1. The van der Waals surface area contributed by atoms with Crippen LogP contribution in [0.1, 0.15) is 16.7 Å². The quantitative estimate of drug-likeness (QED) is 0.926. The molecule has 0 aliphatic carbocycles. The molecule has 0 radical (unpaired) electrons. The normalized spacial score (nSPS) is 10.2. The Bertz CT molecular complexity index is 612. The van der Waals surface area contributed by atoms with Gasteiger partial charge in [-0.15, -0.1) is 0 Å². The van der Waals surface area contributed by atoms with E-state index in [1.165, 1.54) is 0 Å². The zero-order chi connectivity index (χ0) is 14.5. The van der Waals surface area contributed by atoms with Gasteiger partial charge in [0, 0.05) is 18.0 Å². The van der Waals surface area contributed by atoms with Crippen molar-refractivity contribution in [2.75, 3.05) is 12.4 Å². The number of aryl methyl sites for hydroxylation is 2. The molecule has 1 aromatic heterocycles. The summed E-state index contributed by atoms with van der Waals surface area (Å²) in [6.07, 6.45) is 3.40. The number of hydrogen-bond acceptors (Lipinski definition) is 4. The van der Waals surface area contributed by atoms with E-state index in [0.717, 1.165) is 22.4 Å². The number of nitrogens with one attached hydrogen (secondary N) is 1. The van der Waals surface area contributed by atoms with Crippen LogP contribution in [0.15, 0.2) is 30.6 Å². The number of methoxy groups -OCH3 is 1. The van der Waals surface area contributed by atoms with Gasteiger partial charge in [-0.25, -0.2) is 9.97 Å². The number of carbonyl (C=O) groups is 1. The molecule has 1 N–H and O–H groups in total. The third-order valence-corrected chi connectivity index (χ3v) is 2.95. The summed E-state index contributed by atoms with van der Waals surface area (Å²) in [6.45, 7) is 3.97. The van der Waals surface area contributed by atoms with Crippen molar-refractivity contribution in [2.24, 2.45) is 0 Å². The van der Waals surface area contributed by atoms with Gasteiger partial charge in [0.2, 0.25) is 11.9 Å². The van der Waals surface area contributed by atoms with Crippen molar-refractivity contribution in [2.45, 2.75) is 20.3 Å². The van der Waals surface area contributed by atoms with Crippen molar-refractivity contribution < 1.29 is 9.53 Å². The van der Waals surface area contributed by atoms with E-state index in [0.29, 0.717) is 5.95 Å². The second-order valence-corrected chi connectivity index (χ2v) is 4.56. The van der Waals surface area contributed by atoms with E-state index in [2.05, 4.69) is 15.3 Å². The van der Waals surface area contributed by atoms with Crippen molar-refractivity contribution in [1.82, 2.24) is 9.97 Å². The lowest BCUT2D eigenvalue weighted by molar-refractivity contribution is -0.115. The van der Waals surface area contributed by atoms with Gasteiger partial charge in [-0.05, 0) is 37.1 Å². The fourth-order valence-electron chi connectivity index (χ4n) is 2.06.